The highest BCUT2D eigenvalue weighted by Crippen LogP contribution is 2.30. The summed E-state index contributed by atoms with van der Waals surface area (Å²) in [5.41, 5.74) is -0.865. The van der Waals surface area contributed by atoms with Gasteiger partial charge >= 0.3 is 18.1 Å². The number of Topliss-reactive ketones (excluding diaryl/α,β-unsaturated/α-hetero) is 1. The van der Waals surface area contributed by atoms with E-state index in [1.807, 2.05) is 5.32 Å². The number of carbonyl (C=O) groups excluding carboxylic acids is 4. The van der Waals surface area contributed by atoms with Gasteiger partial charge in [-0.2, -0.15) is 22.0 Å². The predicted octanol–water partition coefficient (Wildman–Crippen LogP) is 3.92. The van der Waals surface area contributed by atoms with Crippen LogP contribution in [0.25, 0.3) is 0 Å². The summed E-state index contributed by atoms with van der Waals surface area (Å²) >= 11 is 5.74. The molecule has 10 nitrogen and oxygen atoms in total. The van der Waals surface area contributed by atoms with Gasteiger partial charge in [0.15, 0.2) is 0 Å². The van der Waals surface area contributed by atoms with Gasteiger partial charge in [0, 0.05) is 17.0 Å². The van der Waals surface area contributed by atoms with Gasteiger partial charge in [-0.15, -0.1) is 0 Å². The summed E-state index contributed by atoms with van der Waals surface area (Å²) in [4.78, 5) is 62.4. The van der Waals surface area contributed by atoms with Crippen molar-refractivity contribution in [3.8, 4) is 5.75 Å². The molecule has 240 valence electrons. The summed E-state index contributed by atoms with van der Waals surface area (Å²) in [6.45, 7) is 2.49. The van der Waals surface area contributed by atoms with E-state index in [-0.39, 0.29) is 10.6 Å². The quantitative estimate of drug-likeness (QED) is 0.227. The molecule has 3 amide bonds. The molecule has 16 heteroatoms. The molecule has 0 aliphatic rings. The SMILES string of the molecule is COc1ccc([C@H](NC(=O)[C@H](CCC(=O)O)NC(=O)C(F)(F)c2cccc(Cl)c2)C(=O)N[C@H](C(=O)C(F)(F)F)C(C)C)cc1. The number of ether oxygens (including phenoxy) is 1. The van der Waals surface area contributed by atoms with Gasteiger partial charge in [0.1, 0.15) is 17.8 Å². The Bertz CT molecular complexity index is 1370. The third kappa shape index (κ3) is 9.62. The van der Waals surface area contributed by atoms with Crippen LogP contribution in [0.2, 0.25) is 5.02 Å². The Kier molecular flexibility index (Phi) is 12.2. The molecule has 0 fully saturated rings. The van der Waals surface area contributed by atoms with Crippen LogP contribution < -0.4 is 20.7 Å². The minimum Gasteiger partial charge on any atom is -0.497 e. The zero-order chi connectivity index (χ0) is 33.4. The highest BCUT2D eigenvalue weighted by molar-refractivity contribution is 6.30. The number of alkyl halides is 5. The number of benzene rings is 2. The van der Waals surface area contributed by atoms with Crippen LogP contribution in [0.4, 0.5) is 22.0 Å². The number of aliphatic carboxylic acids is 1. The number of amides is 3. The molecule has 0 radical (unpaired) electrons. The largest absolute Gasteiger partial charge is 0.497 e. The number of ketones is 1. The van der Waals surface area contributed by atoms with E-state index in [9.17, 15) is 45.9 Å². The number of methoxy groups -OCH3 is 1. The Morgan fingerprint density at radius 1 is 0.909 bits per heavy atom. The van der Waals surface area contributed by atoms with Gasteiger partial charge in [0.05, 0.1) is 13.2 Å². The lowest BCUT2D eigenvalue weighted by atomic mass is 9.97. The maximum Gasteiger partial charge on any atom is 0.452 e. The van der Waals surface area contributed by atoms with Crippen LogP contribution in [0.5, 0.6) is 5.75 Å². The molecule has 0 heterocycles. The molecule has 0 unspecified atom stereocenters. The molecular formula is C28H29ClF5N3O7. The molecule has 0 aliphatic carbocycles. The number of carbonyl (C=O) groups is 5. The van der Waals surface area contributed by atoms with Gasteiger partial charge in [0.25, 0.3) is 11.7 Å². The van der Waals surface area contributed by atoms with E-state index >= 15 is 0 Å². The first-order valence-corrected chi connectivity index (χ1v) is 13.3. The van der Waals surface area contributed by atoms with Crippen molar-refractivity contribution in [3.05, 3.63) is 64.7 Å². The maximum atomic E-state index is 15.0. The molecule has 0 aromatic heterocycles. The van der Waals surface area contributed by atoms with Crippen LogP contribution in [0.1, 0.15) is 43.9 Å². The standard InChI is InChI=1S/C28H29ClF5N3O7/c1-14(2)21(23(40)28(32,33)34)36-25(42)22(15-7-9-18(44-3)10-8-15)37-24(41)19(11-12-20(38)39)35-26(43)27(30,31)16-5-4-6-17(29)13-16/h4-10,13-14,19,21-22H,11-12H2,1-3H3,(H,35,43)(H,36,42)(H,37,41)(H,38,39)/t19-,21-,22-/m0/s1. The molecule has 44 heavy (non-hydrogen) atoms. The third-order valence-electron chi connectivity index (χ3n) is 6.27. The van der Waals surface area contributed by atoms with Crippen molar-refractivity contribution in [1.82, 2.24) is 16.0 Å². The first kappa shape index (κ1) is 35.9. The van der Waals surface area contributed by atoms with E-state index in [0.29, 0.717) is 5.75 Å². The van der Waals surface area contributed by atoms with Crippen LogP contribution in [0.3, 0.4) is 0 Å². The number of rotatable bonds is 14. The molecule has 0 saturated carbocycles. The van der Waals surface area contributed by atoms with Gasteiger partial charge in [-0.3, -0.25) is 24.0 Å². The van der Waals surface area contributed by atoms with Crippen LogP contribution in [0.15, 0.2) is 48.5 Å². The fourth-order valence-corrected chi connectivity index (χ4v) is 4.08. The third-order valence-corrected chi connectivity index (χ3v) is 6.50. The summed E-state index contributed by atoms with van der Waals surface area (Å²) in [5.74, 6) is -13.3. The minimum absolute atomic E-state index is 0.0359. The Hall–Kier alpha value is -4.27. The summed E-state index contributed by atoms with van der Waals surface area (Å²) in [6, 6.07) is 3.52. The van der Waals surface area contributed by atoms with E-state index in [1.165, 1.54) is 51.3 Å². The summed E-state index contributed by atoms with van der Waals surface area (Å²) < 4.78 is 74.5. The first-order chi connectivity index (χ1) is 20.4. The molecule has 0 aliphatic heterocycles. The van der Waals surface area contributed by atoms with E-state index in [4.69, 9.17) is 21.4 Å². The van der Waals surface area contributed by atoms with E-state index in [0.717, 1.165) is 18.2 Å². The lowest BCUT2D eigenvalue weighted by Crippen LogP contribution is -2.55. The van der Waals surface area contributed by atoms with Gasteiger partial charge < -0.3 is 25.8 Å². The lowest BCUT2D eigenvalue weighted by molar-refractivity contribution is -0.175. The second-order valence-corrected chi connectivity index (χ2v) is 10.3. The number of halogens is 6. The zero-order valence-corrected chi connectivity index (χ0v) is 24.3. The van der Waals surface area contributed by atoms with Crippen LogP contribution in [-0.2, 0) is 29.9 Å². The van der Waals surface area contributed by atoms with Gasteiger partial charge in [-0.05, 0) is 42.2 Å². The Morgan fingerprint density at radius 3 is 2.02 bits per heavy atom. The second-order valence-electron chi connectivity index (χ2n) is 9.85. The summed E-state index contributed by atoms with van der Waals surface area (Å²) in [7, 11) is 1.33. The van der Waals surface area contributed by atoms with E-state index < -0.39 is 84.0 Å². The van der Waals surface area contributed by atoms with Crippen molar-refractivity contribution < 1.29 is 55.8 Å². The van der Waals surface area contributed by atoms with Crippen molar-refractivity contribution in [1.29, 1.82) is 0 Å². The molecule has 2 rings (SSSR count). The highest BCUT2D eigenvalue weighted by atomic mass is 35.5. The minimum atomic E-state index is -5.30. The Labute approximate surface area is 253 Å². The molecule has 2 aromatic carbocycles. The smallest absolute Gasteiger partial charge is 0.452 e. The first-order valence-electron chi connectivity index (χ1n) is 12.9. The molecule has 3 atom stereocenters. The Balaban J connectivity index is 2.44. The van der Waals surface area contributed by atoms with Crippen LogP contribution >= 0.6 is 11.6 Å². The number of nitrogens with one attached hydrogen (secondary N) is 3. The monoisotopic (exact) mass is 649 g/mol. The molecule has 4 N–H and O–H groups in total. The van der Waals surface area contributed by atoms with E-state index in [2.05, 4.69) is 5.32 Å². The van der Waals surface area contributed by atoms with Crippen molar-refractivity contribution >= 4 is 41.1 Å². The average Bonchev–Trinajstić information content (AvgIpc) is 2.95. The van der Waals surface area contributed by atoms with Gasteiger partial charge in [-0.1, -0.05) is 49.7 Å². The van der Waals surface area contributed by atoms with Crippen LogP contribution in [-0.4, -0.2) is 60.0 Å². The van der Waals surface area contributed by atoms with E-state index in [1.54, 1.807) is 5.32 Å². The fraction of sp³-hybridized carbons (Fsp3) is 0.393. The molecule has 2 aromatic rings. The van der Waals surface area contributed by atoms with Gasteiger partial charge in [-0.25, -0.2) is 0 Å². The van der Waals surface area contributed by atoms with Crippen LogP contribution in [0, 0.1) is 5.92 Å². The van der Waals surface area contributed by atoms with Crippen molar-refractivity contribution in [2.45, 2.75) is 56.9 Å². The number of hydrogen-bond donors (Lipinski definition) is 4. The normalized spacial score (nSPS) is 13.8. The predicted molar refractivity (Wildman–Crippen MR) is 146 cm³/mol. The summed E-state index contributed by atoms with van der Waals surface area (Å²) in [5, 5.41) is 14.9. The number of hydrogen-bond acceptors (Lipinski definition) is 6. The lowest BCUT2D eigenvalue weighted by Gasteiger charge is -2.27. The van der Waals surface area contributed by atoms with Crippen molar-refractivity contribution in [2.24, 2.45) is 5.92 Å². The average molecular weight is 650 g/mol. The number of carboxylic acid groups (broad SMARTS) is 1. The zero-order valence-electron chi connectivity index (χ0n) is 23.5. The topological polar surface area (TPSA) is 151 Å². The highest BCUT2D eigenvalue weighted by Gasteiger charge is 2.46. The maximum absolute atomic E-state index is 15.0. The molecule has 0 bridgehead atoms. The fourth-order valence-electron chi connectivity index (χ4n) is 3.89. The van der Waals surface area contributed by atoms with Crippen molar-refractivity contribution in [2.75, 3.05) is 7.11 Å². The number of carboxylic acids is 1. The second kappa shape index (κ2) is 14.9. The summed E-state index contributed by atoms with van der Waals surface area (Å²) in [6.07, 6.45) is -6.80. The molecule has 0 spiro atoms. The Morgan fingerprint density at radius 2 is 1.52 bits per heavy atom. The van der Waals surface area contributed by atoms with Crippen molar-refractivity contribution in [3.63, 3.8) is 0 Å². The molecular weight excluding hydrogens is 621 g/mol. The molecule has 0 saturated heterocycles. The van der Waals surface area contributed by atoms with Gasteiger partial charge in [0.2, 0.25) is 11.8 Å².